The van der Waals surface area contributed by atoms with E-state index in [1.54, 1.807) is 0 Å². The van der Waals surface area contributed by atoms with E-state index in [1.807, 2.05) is 0 Å². The maximum atomic E-state index is 12.2. The van der Waals surface area contributed by atoms with E-state index in [0.29, 0.717) is 12.8 Å². The highest BCUT2D eigenvalue weighted by Gasteiger charge is 2.17. The van der Waals surface area contributed by atoms with Crippen LogP contribution in [-0.2, 0) is 14.3 Å². The van der Waals surface area contributed by atoms with Crippen LogP contribution in [0.15, 0.2) is 0 Å². The Labute approximate surface area is 212 Å². The second-order valence-electron chi connectivity index (χ2n) is 10.8. The maximum Gasteiger partial charge on any atom is 0.307 e. The second kappa shape index (κ2) is 23.7. The Balaban J connectivity index is 3.76. The smallest absolute Gasteiger partial charge is 0.307 e. The first kappa shape index (κ1) is 32.9. The van der Waals surface area contributed by atoms with Gasteiger partial charge in [-0.2, -0.15) is 0 Å². The molecule has 1 N–H and O–H groups in total. The number of carbonyl (C=O) groups is 2. The van der Waals surface area contributed by atoms with Gasteiger partial charge in [0.2, 0.25) is 0 Å². The van der Waals surface area contributed by atoms with Gasteiger partial charge in [0, 0.05) is 6.42 Å². The number of carboxylic acid groups (broad SMARTS) is 1. The van der Waals surface area contributed by atoms with Crippen molar-refractivity contribution >= 4 is 11.9 Å². The third-order valence-electron chi connectivity index (χ3n) is 7.40. The molecule has 0 saturated carbocycles. The second-order valence-corrected chi connectivity index (χ2v) is 10.8. The minimum absolute atomic E-state index is 0.0717. The molecule has 3 unspecified atom stereocenters. The standard InChI is InChI=1S/C30H58O4/c1-5-26(3)21-17-13-9-7-8-10-16-20-24-30(33)34-28(25-29(31)32)23-19-15-12-11-14-18-22-27(4)6-2/h26-28H,5-25H2,1-4H3,(H,31,32). The van der Waals surface area contributed by atoms with Crippen molar-refractivity contribution in [3.8, 4) is 0 Å². The molecule has 0 saturated heterocycles. The molecule has 4 nitrogen and oxygen atoms in total. The Hall–Kier alpha value is -1.06. The van der Waals surface area contributed by atoms with E-state index < -0.39 is 12.1 Å². The van der Waals surface area contributed by atoms with Crippen molar-refractivity contribution < 1.29 is 19.4 Å². The van der Waals surface area contributed by atoms with Gasteiger partial charge in [-0.3, -0.25) is 9.59 Å². The summed E-state index contributed by atoms with van der Waals surface area (Å²) in [5.41, 5.74) is 0. The summed E-state index contributed by atoms with van der Waals surface area (Å²) in [6.07, 6.45) is 22.5. The molecule has 0 aliphatic heterocycles. The van der Waals surface area contributed by atoms with Crippen LogP contribution in [0, 0.1) is 11.8 Å². The largest absolute Gasteiger partial charge is 0.481 e. The minimum Gasteiger partial charge on any atom is -0.481 e. The van der Waals surface area contributed by atoms with Gasteiger partial charge in [-0.25, -0.2) is 0 Å². The summed E-state index contributed by atoms with van der Waals surface area (Å²) in [6, 6.07) is 0. The van der Waals surface area contributed by atoms with Crippen molar-refractivity contribution in [2.24, 2.45) is 11.8 Å². The van der Waals surface area contributed by atoms with E-state index in [-0.39, 0.29) is 12.4 Å². The number of unbranched alkanes of at least 4 members (excludes halogenated alkanes) is 12. The van der Waals surface area contributed by atoms with Crippen molar-refractivity contribution in [2.75, 3.05) is 0 Å². The van der Waals surface area contributed by atoms with Crippen LogP contribution < -0.4 is 0 Å². The lowest BCUT2D eigenvalue weighted by Crippen LogP contribution is -2.21. The molecule has 3 atom stereocenters. The van der Waals surface area contributed by atoms with Gasteiger partial charge >= 0.3 is 11.9 Å². The summed E-state index contributed by atoms with van der Waals surface area (Å²) in [7, 11) is 0. The van der Waals surface area contributed by atoms with Crippen LogP contribution in [0.4, 0.5) is 0 Å². The van der Waals surface area contributed by atoms with Crippen LogP contribution in [0.5, 0.6) is 0 Å². The van der Waals surface area contributed by atoms with Crippen molar-refractivity contribution in [1.82, 2.24) is 0 Å². The molecule has 0 radical (unpaired) electrons. The molecule has 4 heteroatoms. The van der Waals surface area contributed by atoms with E-state index >= 15 is 0 Å². The van der Waals surface area contributed by atoms with Gasteiger partial charge in [0.05, 0.1) is 6.42 Å². The van der Waals surface area contributed by atoms with Crippen LogP contribution >= 0.6 is 0 Å². The van der Waals surface area contributed by atoms with Gasteiger partial charge in [0.25, 0.3) is 0 Å². The molecule has 0 spiro atoms. The number of rotatable bonds is 25. The molecule has 0 aliphatic rings. The van der Waals surface area contributed by atoms with Gasteiger partial charge in [-0.1, -0.05) is 130 Å². The SMILES string of the molecule is CCC(C)CCCCCCCCCCC(=O)OC(CCCCCCCCC(C)CC)CC(=O)O. The zero-order valence-electron chi connectivity index (χ0n) is 23.3. The summed E-state index contributed by atoms with van der Waals surface area (Å²) < 4.78 is 5.53. The van der Waals surface area contributed by atoms with Crippen molar-refractivity contribution in [1.29, 1.82) is 0 Å². The molecule has 0 aromatic heterocycles. The third kappa shape index (κ3) is 22.7. The number of ether oxygens (including phenoxy) is 1. The highest BCUT2D eigenvalue weighted by Crippen LogP contribution is 2.18. The molecule has 0 amide bonds. The Morgan fingerprint density at radius 3 is 1.41 bits per heavy atom. The molecule has 0 rings (SSSR count). The summed E-state index contributed by atoms with van der Waals surface area (Å²) in [6.45, 7) is 9.18. The lowest BCUT2D eigenvalue weighted by Gasteiger charge is -2.16. The van der Waals surface area contributed by atoms with Crippen LogP contribution in [0.3, 0.4) is 0 Å². The van der Waals surface area contributed by atoms with Crippen molar-refractivity contribution in [3.63, 3.8) is 0 Å². The van der Waals surface area contributed by atoms with E-state index in [4.69, 9.17) is 9.84 Å². The van der Waals surface area contributed by atoms with Crippen LogP contribution in [-0.4, -0.2) is 23.1 Å². The first-order chi connectivity index (χ1) is 16.4. The van der Waals surface area contributed by atoms with Gasteiger partial charge < -0.3 is 9.84 Å². The average Bonchev–Trinajstić information content (AvgIpc) is 2.80. The normalized spacial score (nSPS) is 14.0. The lowest BCUT2D eigenvalue weighted by molar-refractivity contribution is -0.153. The number of aliphatic carboxylic acids is 1. The number of hydrogen-bond acceptors (Lipinski definition) is 3. The Bertz CT molecular complexity index is 476. The zero-order chi connectivity index (χ0) is 25.4. The number of hydrogen-bond donors (Lipinski definition) is 1. The fourth-order valence-corrected chi connectivity index (χ4v) is 4.45. The van der Waals surface area contributed by atoms with Crippen LogP contribution in [0.25, 0.3) is 0 Å². The minimum atomic E-state index is -0.882. The van der Waals surface area contributed by atoms with Crippen LogP contribution in [0.2, 0.25) is 0 Å². The summed E-state index contributed by atoms with van der Waals surface area (Å²) >= 11 is 0. The highest BCUT2D eigenvalue weighted by molar-refractivity contribution is 5.71. The molecule has 0 aliphatic carbocycles. The molecule has 202 valence electrons. The monoisotopic (exact) mass is 482 g/mol. The third-order valence-corrected chi connectivity index (χ3v) is 7.40. The van der Waals surface area contributed by atoms with E-state index in [2.05, 4.69) is 27.7 Å². The first-order valence-electron chi connectivity index (χ1n) is 14.8. The van der Waals surface area contributed by atoms with Crippen LogP contribution in [0.1, 0.15) is 163 Å². The molecular formula is C30H58O4. The Morgan fingerprint density at radius 2 is 1.00 bits per heavy atom. The fraction of sp³-hybridized carbons (Fsp3) is 0.933. The zero-order valence-corrected chi connectivity index (χ0v) is 23.3. The number of esters is 1. The summed E-state index contributed by atoms with van der Waals surface area (Å²) in [4.78, 5) is 23.4. The Morgan fingerprint density at radius 1 is 0.618 bits per heavy atom. The highest BCUT2D eigenvalue weighted by atomic mass is 16.5. The molecule has 0 bridgehead atoms. The van der Waals surface area contributed by atoms with Gasteiger partial charge in [-0.15, -0.1) is 0 Å². The molecule has 0 heterocycles. The molecule has 34 heavy (non-hydrogen) atoms. The predicted molar refractivity (Wildman–Crippen MR) is 144 cm³/mol. The Kier molecular flexibility index (Phi) is 22.9. The topological polar surface area (TPSA) is 63.6 Å². The van der Waals surface area contributed by atoms with Crippen molar-refractivity contribution in [3.05, 3.63) is 0 Å². The van der Waals surface area contributed by atoms with Gasteiger partial charge in [0.1, 0.15) is 6.10 Å². The van der Waals surface area contributed by atoms with E-state index in [0.717, 1.165) is 37.5 Å². The fourth-order valence-electron chi connectivity index (χ4n) is 4.45. The average molecular weight is 483 g/mol. The summed E-state index contributed by atoms with van der Waals surface area (Å²) in [5.74, 6) is 0.595. The molecule has 0 aromatic carbocycles. The van der Waals surface area contributed by atoms with Gasteiger partial charge in [-0.05, 0) is 31.1 Å². The molecule has 0 fully saturated rings. The number of carboxylic acids is 1. The number of carbonyl (C=O) groups excluding carboxylic acids is 1. The van der Waals surface area contributed by atoms with Gasteiger partial charge in [0.15, 0.2) is 0 Å². The van der Waals surface area contributed by atoms with Crippen molar-refractivity contribution in [2.45, 2.75) is 169 Å². The first-order valence-corrected chi connectivity index (χ1v) is 14.8. The summed E-state index contributed by atoms with van der Waals surface area (Å²) in [5, 5.41) is 9.16. The van der Waals surface area contributed by atoms with E-state index in [1.165, 1.54) is 89.9 Å². The lowest BCUT2D eigenvalue weighted by atomic mass is 9.99. The predicted octanol–water partition coefficient (Wildman–Crippen LogP) is 9.49. The quantitative estimate of drug-likeness (QED) is 0.104. The molecule has 0 aromatic rings. The van der Waals surface area contributed by atoms with E-state index in [9.17, 15) is 9.59 Å². The maximum absolute atomic E-state index is 12.2. The molecular weight excluding hydrogens is 424 g/mol.